The van der Waals surface area contributed by atoms with Crippen molar-refractivity contribution in [2.45, 2.75) is 6.42 Å². The molecule has 3 heterocycles. The van der Waals surface area contributed by atoms with E-state index in [4.69, 9.17) is 5.73 Å². The number of fused-ring (bicyclic) bond motifs is 1. The standard InChI is InChI=1S/C11H11N3S2/c12-4-3-8-6-13-11-14(8)9(7-16-11)10-2-1-5-15-10/h1-2,5-7H,3-4,12H2. The summed E-state index contributed by atoms with van der Waals surface area (Å²) < 4.78 is 2.21. The van der Waals surface area contributed by atoms with Crippen LogP contribution < -0.4 is 5.73 Å². The van der Waals surface area contributed by atoms with E-state index in [1.54, 1.807) is 22.7 Å². The summed E-state index contributed by atoms with van der Waals surface area (Å²) in [5.41, 5.74) is 8.04. The van der Waals surface area contributed by atoms with Crippen LogP contribution in [-0.4, -0.2) is 15.9 Å². The van der Waals surface area contributed by atoms with Crippen LogP contribution in [0.5, 0.6) is 0 Å². The number of aromatic nitrogens is 2. The highest BCUT2D eigenvalue weighted by Gasteiger charge is 2.11. The lowest BCUT2D eigenvalue weighted by Gasteiger charge is -2.00. The predicted molar refractivity (Wildman–Crippen MR) is 69.1 cm³/mol. The molecule has 0 atom stereocenters. The van der Waals surface area contributed by atoms with Gasteiger partial charge in [-0.25, -0.2) is 4.98 Å². The van der Waals surface area contributed by atoms with E-state index in [0.29, 0.717) is 6.54 Å². The van der Waals surface area contributed by atoms with E-state index in [-0.39, 0.29) is 0 Å². The zero-order valence-corrected chi connectivity index (χ0v) is 10.2. The molecule has 0 aliphatic rings. The summed E-state index contributed by atoms with van der Waals surface area (Å²) in [6.07, 6.45) is 2.80. The Morgan fingerprint density at radius 2 is 2.31 bits per heavy atom. The van der Waals surface area contributed by atoms with Crippen LogP contribution in [0.1, 0.15) is 5.69 Å². The minimum Gasteiger partial charge on any atom is -0.330 e. The van der Waals surface area contributed by atoms with Gasteiger partial charge in [-0.3, -0.25) is 4.40 Å². The Kier molecular flexibility index (Phi) is 2.51. The maximum atomic E-state index is 5.61. The molecule has 0 aliphatic carbocycles. The van der Waals surface area contributed by atoms with Crippen molar-refractivity contribution in [2.75, 3.05) is 6.54 Å². The molecular weight excluding hydrogens is 238 g/mol. The maximum absolute atomic E-state index is 5.61. The molecule has 82 valence electrons. The van der Waals surface area contributed by atoms with Crippen molar-refractivity contribution >= 4 is 27.6 Å². The Hall–Kier alpha value is -1.17. The van der Waals surface area contributed by atoms with Gasteiger partial charge in [0.05, 0.1) is 16.8 Å². The molecule has 3 rings (SSSR count). The third-order valence-corrected chi connectivity index (χ3v) is 4.23. The fraction of sp³-hybridized carbons (Fsp3) is 0.182. The smallest absolute Gasteiger partial charge is 0.194 e. The fourth-order valence-electron chi connectivity index (χ4n) is 1.79. The number of thiazole rings is 1. The van der Waals surface area contributed by atoms with Crippen molar-refractivity contribution in [1.29, 1.82) is 0 Å². The first-order valence-corrected chi connectivity index (χ1v) is 6.84. The molecule has 2 N–H and O–H groups in total. The molecule has 16 heavy (non-hydrogen) atoms. The van der Waals surface area contributed by atoms with E-state index in [1.807, 2.05) is 6.20 Å². The highest BCUT2D eigenvalue weighted by atomic mass is 32.1. The van der Waals surface area contributed by atoms with Gasteiger partial charge in [0.15, 0.2) is 4.96 Å². The highest BCUT2D eigenvalue weighted by Crippen LogP contribution is 2.30. The van der Waals surface area contributed by atoms with E-state index in [2.05, 4.69) is 32.3 Å². The number of nitrogens with two attached hydrogens (primary N) is 1. The van der Waals surface area contributed by atoms with Crippen LogP contribution in [0.25, 0.3) is 15.5 Å². The van der Waals surface area contributed by atoms with Gasteiger partial charge in [0, 0.05) is 17.5 Å². The molecule has 0 unspecified atom stereocenters. The molecule has 0 saturated heterocycles. The Labute approximate surface area is 101 Å². The van der Waals surface area contributed by atoms with E-state index in [9.17, 15) is 0 Å². The molecule has 0 aromatic carbocycles. The molecule has 0 bridgehead atoms. The van der Waals surface area contributed by atoms with Crippen molar-refractivity contribution < 1.29 is 0 Å². The molecule has 0 fully saturated rings. The van der Waals surface area contributed by atoms with Crippen LogP contribution in [0.3, 0.4) is 0 Å². The Morgan fingerprint density at radius 3 is 3.06 bits per heavy atom. The maximum Gasteiger partial charge on any atom is 0.194 e. The lowest BCUT2D eigenvalue weighted by molar-refractivity contribution is 0.912. The van der Waals surface area contributed by atoms with Gasteiger partial charge in [0.2, 0.25) is 0 Å². The second kappa shape index (κ2) is 4.01. The quantitative estimate of drug-likeness (QED) is 0.775. The second-order valence-corrected chi connectivity index (χ2v) is 5.29. The number of thiophene rings is 1. The molecule has 0 saturated carbocycles. The van der Waals surface area contributed by atoms with Crippen LogP contribution in [-0.2, 0) is 6.42 Å². The summed E-state index contributed by atoms with van der Waals surface area (Å²) in [6.45, 7) is 0.660. The fourth-order valence-corrected chi connectivity index (χ4v) is 3.48. The summed E-state index contributed by atoms with van der Waals surface area (Å²) in [7, 11) is 0. The van der Waals surface area contributed by atoms with Gasteiger partial charge in [-0.1, -0.05) is 6.07 Å². The predicted octanol–water partition coefficient (Wildman–Crippen LogP) is 2.63. The third-order valence-electron chi connectivity index (χ3n) is 2.49. The molecule has 3 nitrogen and oxygen atoms in total. The molecule has 5 heteroatoms. The monoisotopic (exact) mass is 249 g/mol. The van der Waals surface area contributed by atoms with E-state index in [1.165, 1.54) is 16.3 Å². The molecule has 0 spiro atoms. The number of rotatable bonds is 3. The van der Waals surface area contributed by atoms with Crippen LogP contribution >= 0.6 is 22.7 Å². The molecule has 0 amide bonds. The third kappa shape index (κ3) is 1.48. The normalized spacial score (nSPS) is 11.3. The van der Waals surface area contributed by atoms with Gasteiger partial charge in [0.25, 0.3) is 0 Å². The Bertz CT molecular complexity index is 592. The zero-order valence-electron chi connectivity index (χ0n) is 8.59. The van der Waals surface area contributed by atoms with Crippen molar-refractivity contribution in [3.8, 4) is 10.6 Å². The number of nitrogens with zero attached hydrogens (tertiary/aromatic N) is 2. The van der Waals surface area contributed by atoms with E-state index < -0.39 is 0 Å². The summed E-state index contributed by atoms with van der Waals surface area (Å²) in [5.74, 6) is 0. The van der Waals surface area contributed by atoms with Gasteiger partial charge in [-0.05, 0) is 18.0 Å². The van der Waals surface area contributed by atoms with Gasteiger partial charge >= 0.3 is 0 Å². The highest BCUT2D eigenvalue weighted by molar-refractivity contribution is 7.16. The SMILES string of the molecule is NCCc1cnc2scc(-c3cccs3)n12. The minimum atomic E-state index is 0.660. The van der Waals surface area contributed by atoms with Crippen LogP contribution in [0.4, 0.5) is 0 Å². The zero-order chi connectivity index (χ0) is 11.0. The molecule has 0 radical (unpaired) electrons. The second-order valence-electron chi connectivity index (χ2n) is 3.50. The first-order chi connectivity index (χ1) is 7.90. The molecule has 3 aromatic rings. The van der Waals surface area contributed by atoms with Crippen LogP contribution in [0.2, 0.25) is 0 Å². The first-order valence-electron chi connectivity index (χ1n) is 5.08. The Balaban J connectivity index is 2.21. The van der Waals surface area contributed by atoms with Gasteiger partial charge in [-0.15, -0.1) is 22.7 Å². The molecular formula is C11H11N3S2. The van der Waals surface area contributed by atoms with Crippen LogP contribution in [0, 0.1) is 0 Å². The topological polar surface area (TPSA) is 43.3 Å². The average Bonchev–Trinajstić information content (AvgIpc) is 2.94. The summed E-state index contributed by atoms with van der Waals surface area (Å²) in [5, 5.41) is 4.26. The van der Waals surface area contributed by atoms with Gasteiger partial charge in [0.1, 0.15) is 0 Å². The average molecular weight is 249 g/mol. The van der Waals surface area contributed by atoms with Crippen molar-refractivity contribution in [3.63, 3.8) is 0 Å². The van der Waals surface area contributed by atoms with E-state index in [0.717, 1.165) is 11.4 Å². The van der Waals surface area contributed by atoms with Gasteiger partial charge in [-0.2, -0.15) is 0 Å². The lowest BCUT2D eigenvalue weighted by Crippen LogP contribution is -2.04. The summed E-state index contributed by atoms with van der Waals surface area (Å²) >= 11 is 3.43. The lowest BCUT2D eigenvalue weighted by atomic mass is 10.3. The number of hydrogen-bond acceptors (Lipinski definition) is 4. The minimum absolute atomic E-state index is 0.660. The summed E-state index contributed by atoms with van der Waals surface area (Å²) in [6, 6.07) is 4.21. The largest absolute Gasteiger partial charge is 0.330 e. The number of imidazole rings is 1. The molecule has 0 aliphatic heterocycles. The number of hydrogen-bond donors (Lipinski definition) is 1. The first kappa shape index (κ1) is 10.0. The van der Waals surface area contributed by atoms with Crippen molar-refractivity contribution in [2.24, 2.45) is 5.73 Å². The van der Waals surface area contributed by atoms with Crippen molar-refractivity contribution in [1.82, 2.24) is 9.38 Å². The molecule has 3 aromatic heterocycles. The van der Waals surface area contributed by atoms with Gasteiger partial charge < -0.3 is 5.73 Å². The summed E-state index contributed by atoms with van der Waals surface area (Å²) in [4.78, 5) is 6.73. The van der Waals surface area contributed by atoms with E-state index >= 15 is 0 Å². The Morgan fingerprint density at radius 1 is 1.38 bits per heavy atom. The van der Waals surface area contributed by atoms with Crippen LogP contribution in [0.15, 0.2) is 29.1 Å². The van der Waals surface area contributed by atoms with Crippen molar-refractivity contribution in [3.05, 3.63) is 34.8 Å².